The first kappa shape index (κ1) is 11.8. The molecule has 1 saturated heterocycles. The summed E-state index contributed by atoms with van der Waals surface area (Å²) in [7, 11) is 0. The Balaban J connectivity index is 0.000000160. The Morgan fingerprint density at radius 2 is 1.75 bits per heavy atom. The van der Waals surface area contributed by atoms with E-state index in [0.29, 0.717) is 5.57 Å². The molecular formula is C10H8O6. The van der Waals surface area contributed by atoms with Gasteiger partial charge in [0.15, 0.2) is 0 Å². The molecule has 2 aliphatic rings. The lowest BCUT2D eigenvalue weighted by Gasteiger charge is -1.83. The zero-order valence-electron chi connectivity index (χ0n) is 8.44. The average Bonchev–Trinajstić information content (AvgIpc) is 2.58. The lowest BCUT2D eigenvalue weighted by molar-refractivity contribution is -0.152. The van der Waals surface area contributed by atoms with E-state index in [0.717, 1.165) is 0 Å². The Hall–Kier alpha value is -2.24. The van der Waals surface area contributed by atoms with Crippen molar-refractivity contribution in [3.63, 3.8) is 0 Å². The summed E-state index contributed by atoms with van der Waals surface area (Å²) in [4.78, 5) is 40.8. The molecule has 0 amide bonds. The van der Waals surface area contributed by atoms with Crippen LogP contribution in [0.4, 0.5) is 0 Å². The third-order valence-electron chi connectivity index (χ3n) is 1.70. The van der Waals surface area contributed by atoms with Gasteiger partial charge in [-0.05, 0) is 6.92 Å². The van der Waals surface area contributed by atoms with E-state index < -0.39 is 23.9 Å². The number of carbonyl (C=O) groups excluding carboxylic acids is 4. The zero-order valence-corrected chi connectivity index (χ0v) is 8.44. The Bertz CT molecular complexity index is 408. The van der Waals surface area contributed by atoms with Gasteiger partial charge < -0.3 is 9.47 Å². The summed E-state index contributed by atoms with van der Waals surface area (Å²) in [5, 5.41) is 0. The van der Waals surface area contributed by atoms with Gasteiger partial charge in [0.1, 0.15) is 0 Å². The fourth-order valence-corrected chi connectivity index (χ4v) is 0.895. The number of cyclic esters (lactones) is 4. The Morgan fingerprint density at radius 3 is 1.88 bits per heavy atom. The van der Waals surface area contributed by atoms with E-state index in [1.807, 2.05) is 0 Å². The monoisotopic (exact) mass is 224 g/mol. The number of rotatable bonds is 0. The standard InChI is InChI=1S/2C5H4O3/c2*1-3-2-4(6)8-5(3)7/h2H,1H3;1-2H2. The molecule has 2 heterocycles. The van der Waals surface area contributed by atoms with Crippen molar-refractivity contribution >= 4 is 23.9 Å². The van der Waals surface area contributed by atoms with Gasteiger partial charge in [0.05, 0.1) is 6.42 Å². The van der Waals surface area contributed by atoms with Crippen LogP contribution in [0.25, 0.3) is 0 Å². The van der Waals surface area contributed by atoms with E-state index in [1.54, 1.807) is 0 Å². The second-order valence-electron chi connectivity index (χ2n) is 3.08. The van der Waals surface area contributed by atoms with Gasteiger partial charge in [-0.1, -0.05) is 6.58 Å². The van der Waals surface area contributed by atoms with Gasteiger partial charge in [-0.2, -0.15) is 0 Å². The maximum atomic E-state index is 10.3. The van der Waals surface area contributed by atoms with Gasteiger partial charge in [0.25, 0.3) is 0 Å². The summed E-state index contributed by atoms with van der Waals surface area (Å²) in [5.41, 5.74) is 0.616. The molecule has 84 valence electrons. The number of carbonyl (C=O) groups is 4. The fraction of sp³-hybridized carbons (Fsp3) is 0.200. The minimum absolute atomic E-state index is 0.0544. The molecule has 0 saturated carbocycles. The average molecular weight is 224 g/mol. The highest BCUT2D eigenvalue weighted by molar-refractivity contribution is 6.08. The van der Waals surface area contributed by atoms with Gasteiger partial charge in [-0.3, -0.25) is 4.79 Å². The first-order chi connectivity index (χ1) is 7.40. The third kappa shape index (κ3) is 2.88. The van der Waals surface area contributed by atoms with Crippen LogP contribution in [0.2, 0.25) is 0 Å². The smallest absolute Gasteiger partial charge is 0.341 e. The van der Waals surface area contributed by atoms with E-state index in [9.17, 15) is 19.2 Å². The van der Waals surface area contributed by atoms with Crippen LogP contribution >= 0.6 is 0 Å². The predicted octanol–water partition coefficient (Wildman–Crippen LogP) is 0.0322. The van der Waals surface area contributed by atoms with Crippen molar-refractivity contribution in [2.45, 2.75) is 13.3 Å². The van der Waals surface area contributed by atoms with Crippen molar-refractivity contribution in [3.05, 3.63) is 23.8 Å². The number of ether oxygens (including phenoxy) is 2. The highest BCUT2D eigenvalue weighted by atomic mass is 16.6. The Kier molecular flexibility index (Phi) is 3.34. The topological polar surface area (TPSA) is 86.7 Å². The van der Waals surface area contributed by atoms with Crippen LogP contribution in [0.3, 0.4) is 0 Å². The predicted molar refractivity (Wildman–Crippen MR) is 49.7 cm³/mol. The minimum atomic E-state index is -0.588. The molecule has 6 heteroatoms. The molecule has 1 fully saturated rings. The van der Waals surface area contributed by atoms with Crippen LogP contribution in [-0.2, 0) is 28.7 Å². The molecule has 16 heavy (non-hydrogen) atoms. The summed E-state index contributed by atoms with van der Waals surface area (Å²) in [5.74, 6) is -2.18. The van der Waals surface area contributed by atoms with Crippen LogP contribution in [-0.4, -0.2) is 23.9 Å². The van der Waals surface area contributed by atoms with Crippen LogP contribution in [0.15, 0.2) is 23.8 Å². The Morgan fingerprint density at radius 1 is 1.12 bits per heavy atom. The summed E-state index contributed by atoms with van der Waals surface area (Å²) >= 11 is 0. The quantitative estimate of drug-likeness (QED) is 0.328. The number of esters is 4. The van der Waals surface area contributed by atoms with Crippen LogP contribution in [0, 0.1) is 0 Å². The first-order valence-electron chi connectivity index (χ1n) is 4.27. The van der Waals surface area contributed by atoms with E-state index in [1.165, 1.54) is 13.0 Å². The summed E-state index contributed by atoms with van der Waals surface area (Å²) < 4.78 is 8.20. The highest BCUT2D eigenvalue weighted by Gasteiger charge is 2.24. The van der Waals surface area contributed by atoms with E-state index in [-0.39, 0.29) is 12.0 Å². The zero-order chi connectivity index (χ0) is 12.3. The summed E-state index contributed by atoms with van der Waals surface area (Å²) in [6.07, 6.45) is 1.22. The molecule has 0 aromatic rings. The van der Waals surface area contributed by atoms with E-state index in [2.05, 4.69) is 16.1 Å². The van der Waals surface area contributed by atoms with Gasteiger partial charge in [-0.15, -0.1) is 0 Å². The molecular weight excluding hydrogens is 216 g/mol. The number of hydrogen-bond donors (Lipinski definition) is 0. The largest absolute Gasteiger partial charge is 0.389 e. The summed E-state index contributed by atoms with van der Waals surface area (Å²) in [6, 6.07) is 0. The summed E-state index contributed by atoms with van der Waals surface area (Å²) in [6.45, 7) is 4.83. The minimum Gasteiger partial charge on any atom is -0.389 e. The van der Waals surface area contributed by atoms with Gasteiger partial charge in [0, 0.05) is 17.2 Å². The van der Waals surface area contributed by atoms with Gasteiger partial charge in [0.2, 0.25) is 0 Å². The van der Waals surface area contributed by atoms with Crippen molar-refractivity contribution < 1.29 is 28.7 Å². The third-order valence-corrected chi connectivity index (χ3v) is 1.70. The number of hydrogen-bond acceptors (Lipinski definition) is 6. The molecule has 0 atom stereocenters. The molecule has 2 rings (SSSR count). The van der Waals surface area contributed by atoms with Crippen molar-refractivity contribution in [2.24, 2.45) is 0 Å². The van der Waals surface area contributed by atoms with Gasteiger partial charge in [-0.25, -0.2) is 14.4 Å². The molecule has 0 aromatic carbocycles. The molecule has 0 radical (unpaired) electrons. The van der Waals surface area contributed by atoms with Crippen LogP contribution in [0.1, 0.15) is 13.3 Å². The maximum absolute atomic E-state index is 10.3. The highest BCUT2D eigenvalue weighted by Crippen LogP contribution is 2.10. The lowest BCUT2D eigenvalue weighted by Crippen LogP contribution is -1.99. The van der Waals surface area contributed by atoms with Crippen molar-refractivity contribution in [3.8, 4) is 0 Å². The van der Waals surface area contributed by atoms with Gasteiger partial charge >= 0.3 is 23.9 Å². The molecule has 0 spiro atoms. The molecule has 0 bridgehead atoms. The molecule has 6 nitrogen and oxygen atoms in total. The van der Waals surface area contributed by atoms with E-state index >= 15 is 0 Å². The molecule has 2 aliphatic heterocycles. The SMILES string of the molecule is C=C1CC(=O)OC1=O.CC1=CC(=O)OC1=O. The fourth-order valence-electron chi connectivity index (χ4n) is 0.895. The van der Waals surface area contributed by atoms with Crippen molar-refractivity contribution in [1.82, 2.24) is 0 Å². The molecule has 0 unspecified atom stereocenters. The van der Waals surface area contributed by atoms with Crippen molar-refractivity contribution in [1.29, 1.82) is 0 Å². The van der Waals surface area contributed by atoms with E-state index in [4.69, 9.17) is 0 Å². The first-order valence-corrected chi connectivity index (χ1v) is 4.27. The van der Waals surface area contributed by atoms with Crippen molar-refractivity contribution in [2.75, 3.05) is 0 Å². The Labute approximate surface area is 90.5 Å². The van der Waals surface area contributed by atoms with Crippen LogP contribution < -0.4 is 0 Å². The van der Waals surface area contributed by atoms with Crippen LogP contribution in [0.5, 0.6) is 0 Å². The second kappa shape index (κ2) is 4.52. The molecule has 0 aromatic heterocycles. The molecule has 0 N–H and O–H groups in total. The maximum Gasteiger partial charge on any atom is 0.341 e. The second-order valence-corrected chi connectivity index (χ2v) is 3.08. The lowest BCUT2D eigenvalue weighted by atomic mass is 10.3. The normalized spacial score (nSPS) is 18.8. The molecule has 0 aliphatic carbocycles.